The second-order valence-electron chi connectivity index (χ2n) is 6.81. The molecule has 2 unspecified atom stereocenters. The van der Waals surface area contributed by atoms with Gasteiger partial charge in [-0.3, -0.25) is 5.10 Å². The molecule has 0 radical (unpaired) electrons. The number of fused-ring (bicyclic) bond motifs is 1. The van der Waals surface area contributed by atoms with Crippen LogP contribution >= 0.6 is 11.3 Å². The van der Waals surface area contributed by atoms with E-state index in [0.29, 0.717) is 11.5 Å². The van der Waals surface area contributed by atoms with E-state index >= 15 is 0 Å². The third-order valence-corrected chi connectivity index (χ3v) is 6.09. The zero-order valence-electron chi connectivity index (χ0n) is 15.4. The van der Waals surface area contributed by atoms with E-state index in [0.717, 1.165) is 22.4 Å². The SMILES string of the molecule is Cc1cc(-c2[nH]nc3c2C(C(C)c2ccccc2)C(C#N)=C(N)O3)c(C)s1. The molecule has 3 heterocycles. The molecule has 3 N–H and O–H groups in total. The number of nitrogens with zero attached hydrogens (tertiary/aromatic N) is 2. The molecule has 6 heteroatoms. The van der Waals surface area contributed by atoms with E-state index < -0.39 is 0 Å². The number of H-pyrrole nitrogens is 1. The van der Waals surface area contributed by atoms with Crippen molar-refractivity contribution in [2.45, 2.75) is 32.6 Å². The van der Waals surface area contributed by atoms with E-state index in [1.54, 1.807) is 11.3 Å². The highest BCUT2D eigenvalue weighted by atomic mass is 32.1. The molecule has 1 aliphatic rings. The summed E-state index contributed by atoms with van der Waals surface area (Å²) >= 11 is 1.74. The lowest BCUT2D eigenvalue weighted by Crippen LogP contribution is -2.23. The van der Waals surface area contributed by atoms with Gasteiger partial charge in [0.2, 0.25) is 11.8 Å². The summed E-state index contributed by atoms with van der Waals surface area (Å²) in [6.45, 7) is 6.29. The molecule has 0 bridgehead atoms. The molecule has 0 aliphatic carbocycles. The Labute approximate surface area is 162 Å². The van der Waals surface area contributed by atoms with Crippen molar-refractivity contribution in [1.82, 2.24) is 10.2 Å². The predicted molar refractivity (Wildman–Crippen MR) is 106 cm³/mol. The fourth-order valence-electron chi connectivity index (χ4n) is 3.82. The molecule has 0 amide bonds. The number of benzene rings is 1. The van der Waals surface area contributed by atoms with Crippen LogP contribution < -0.4 is 10.5 Å². The molecule has 0 saturated carbocycles. The number of nitriles is 1. The van der Waals surface area contributed by atoms with Crippen LogP contribution in [0.15, 0.2) is 47.9 Å². The van der Waals surface area contributed by atoms with Crippen molar-refractivity contribution in [3.8, 4) is 23.2 Å². The lowest BCUT2D eigenvalue weighted by Gasteiger charge is -2.28. The number of hydrogen-bond acceptors (Lipinski definition) is 5. The Morgan fingerprint density at radius 1 is 1.30 bits per heavy atom. The summed E-state index contributed by atoms with van der Waals surface area (Å²) in [6, 6.07) is 14.6. The number of thiophene rings is 1. The zero-order valence-corrected chi connectivity index (χ0v) is 16.2. The van der Waals surface area contributed by atoms with Gasteiger partial charge in [0, 0.05) is 21.2 Å². The first-order chi connectivity index (χ1) is 13.0. The maximum absolute atomic E-state index is 9.81. The molecule has 27 heavy (non-hydrogen) atoms. The molecule has 136 valence electrons. The van der Waals surface area contributed by atoms with Crippen molar-refractivity contribution in [1.29, 1.82) is 5.26 Å². The second-order valence-corrected chi connectivity index (χ2v) is 8.27. The van der Waals surface area contributed by atoms with Crippen molar-refractivity contribution in [2.24, 2.45) is 5.73 Å². The molecule has 3 aromatic rings. The molecule has 0 fully saturated rings. The maximum Gasteiger partial charge on any atom is 0.244 e. The van der Waals surface area contributed by atoms with Crippen LogP contribution in [0.3, 0.4) is 0 Å². The molecular formula is C21H20N4OS. The van der Waals surface area contributed by atoms with Crippen molar-refractivity contribution in [3.05, 3.63) is 68.7 Å². The summed E-state index contributed by atoms with van der Waals surface area (Å²) in [6.07, 6.45) is 0. The van der Waals surface area contributed by atoms with E-state index in [2.05, 4.69) is 55.2 Å². The summed E-state index contributed by atoms with van der Waals surface area (Å²) in [7, 11) is 0. The minimum Gasteiger partial charge on any atom is -0.420 e. The van der Waals surface area contributed by atoms with Crippen LogP contribution in [0.2, 0.25) is 0 Å². The maximum atomic E-state index is 9.81. The van der Waals surface area contributed by atoms with E-state index in [1.165, 1.54) is 9.75 Å². The number of aryl methyl sites for hydroxylation is 2. The number of ether oxygens (including phenoxy) is 1. The minimum absolute atomic E-state index is 0.0402. The van der Waals surface area contributed by atoms with Gasteiger partial charge in [0.05, 0.1) is 16.8 Å². The van der Waals surface area contributed by atoms with Crippen LogP contribution in [-0.4, -0.2) is 10.2 Å². The number of allylic oxidation sites excluding steroid dienone is 1. The number of aromatic amines is 1. The number of aromatic nitrogens is 2. The standard InChI is InChI=1S/C21H20N4OS/c1-11-9-15(13(3)27-11)19-18-17(12(2)14-7-5-4-6-8-14)16(10-22)20(23)26-21(18)25-24-19/h4-9,12,17H,23H2,1-3H3,(H,24,25). The molecule has 2 atom stereocenters. The molecule has 1 aromatic carbocycles. The average molecular weight is 376 g/mol. The fourth-order valence-corrected chi connectivity index (χ4v) is 4.75. The third kappa shape index (κ3) is 2.81. The number of rotatable bonds is 3. The van der Waals surface area contributed by atoms with Crippen LogP contribution in [0.4, 0.5) is 0 Å². The zero-order chi connectivity index (χ0) is 19.1. The van der Waals surface area contributed by atoms with Gasteiger partial charge in [-0.25, -0.2) is 0 Å². The quantitative estimate of drug-likeness (QED) is 0.692. The van der Waals surface area contributed by atoms with E-state index in [4.69, 9.17) is 10.5 Å². The highest BCUT2D eigenvalue weighted by Gasteiger charge is 2.38. The molecule has 1 aliphatic heterocycles. The van der Waals surface area contributed by atoms with Gasteiger partial charge in [0.25, 0.3) is 0 Å². The van der Waals surface area contributed by atoms with Crippen molar-refractivity contribution in [2.75, 3.05) is 0 Å². The summed E-state index contributed by atoms with van der Waals surface area (Å²) in [5.41, 5.74) is 10.6. The highest BCUT2D eigenvalue weighted by molar-refractivity contribution is 7.12. The molecular weight excluding hydrogens is 356 g/mol. The Hall–Kier alpha value is -3.04. The number of nitrogens with two attached hydrogens (primary N) is 1. The van der Waals surface area contributed by atoms with Gasteiger partial charge in [-0.2, -0.15) is 5.26 Å². The number of hydrogen-bond donors (Lipinski definition) is 2. The third-order valence-electron chi connectivity index (χ3n) is 5.12. The Balaban J connectivity index is 1.92. The van der Waals surface area contributed by atoms with Gasteiger partial charge in [0.1, 0.15) is 6.07 Å². The van der Waals surface area contributed by atoms with E-state index in [1.807, 2.05) is 18.2 Å². The van der Waals surface area contributed by atoms with Crippen LogP contribution in [0, 0.1) is 25.2 Å². The monoisotopic (exact) mass is 376 g/mol. The first-order valence-corrected chi connectivity index (χ1v) is 9.61. The van der Waals surface area contributed by atoms with E-state index in [-0.39, 0.29) is 17.7 Å². The van der Waals surface area contributed by atoms with Crippen LogP contribution in [0.25, 0.3) is 11.3 Å². The topological polar surface area (TPSA) is 87.7 Å². The smallest absolute Gasteiger partial charge is 0.244 e. The van der Waals surface area contributed by atoms with Gasteiger partial charge in [-0.15, -0.1) is 16.4 Å². The van der Waals surface area contributed by atoms with Crippen molar-refractivity contribution >= 4 is 11.3 Å². The van der Waals surface area contributed by atoms with Crippen molar-refractivity contribution in [3.63, 3.8) is 0 Å². The van der Waals surface area contributed by atoms with Crippen LogP contribution in [-0.2, 0) is 0 Å². The largest absolute Gasteiger partial charge is 0.420 e. The lowest BCUT2D eigenvalue weighted by molar-refractivity contribution is 0.368. The summed E-state index contributed by atoms with van der Waals surface area (Å²) in [5, 5.41) is 17.3. The van der Waals surface area contributed by atoms with Crippen LogP contribution in [0.1, 0.15) is 39.6 Å². The van der Waals surface area contributed by atoms with Gasteiger partial charge in [-0.1, -0.05) is 37.3 Å². The Bertz CT molecular complexity index is 1070. The molecule has 5 nitrogen and oxygen atoms in total. The normalized spacial score (nSPS) is 17.2. The highest BCUT2D eigenvalue weighted by Crippen LogP contribution is 2.49. The van der Waals surface area contributed by atoms with Crippen molar-refractivity contribution < 1.29 is 4.74 Å². The van der Waals surface area contributed by atoms with Crippen LogP contribution in [0.5, 0.6) is 5.88 Å². The Morgan fingerprint density at radius 2 is 2.04 bits per heavy atom. The average Bonchev–Trinajstić information content (AvgIpc) is 3.22. The lowest BCUT2D eigenvalue weighted by atomic mass is 9.76. The van der Waals surface area contributed by atoms with Gasteiger partial charge >= 0.3 is 0 Å². The fraction of sp³-hybridized carbons (Fsp3) is 0.238. The second kappa shape index (κ2) is 6.60. The first kappa shape index (κ1) is 17.4. The predicted octanol–water partition coefficient (Wildman–Crippen LogP) is 4.73. The van der Waals surface area contributed by atoms with Gasteiger partial charge < -0.3 is 10.5 Å². The summed E-state index contributed by atoms with van der Waals surface area (Å²) in [5.74, 6) is 0.402. The van der Waals surface area contributed by atoms with Gasteiger partial charge in [0.15, 0.2) is 0 Å². The number of nitrogens with one attached hydrogen (secondary N) is 1. The summed E-state index contributed by atoms with van der Waals surface area (Å²) < 4.78 is 5.70. The molecule has 2 aromatic heterocycles. The van der Waals surface area contributed by atoms with Gasteiger partial charge in [-0.05, 0) is 31.4 Å². The minimum atomic E-state index is -0.227. The molecule has 4 rings (SSSR count). The Kier molecular flexibility index (Phi) is 4.25. The molecule has 0 spiro atoms. The Morgan fingerprint density at radius 3 is 2.67 bits per heavy atom. The summed E-state index contributed by atoms with van der Waals surface area (Å²) in [4.78, 5) is 2.43. The van der Waals surface area contributed by atoms with E-state index in [9.17, 15) is 5.26 Å². The first-order valence-electron chi connectivity index (χ1n) is 8.79. The molecule has 0 saturated heterocycles.